The van der Waals surface area contributed by atoms with Gasteiger partial charge in [0.1, 0.15) is 0 Å². The molecule has 0 radical (unpaired) electrons. The van der Waals surface area contributed by atoms with E-state index < -0.39 is 5.97 Å². The molecule has 10 heteroatoms. The van der Waals surface area contributed by atoms with Gasteiger partial charge in [-0.3, -0.25) is 9.78 Å². The third-order valence-electron chi connectivity index (χ3n) is 5.70. The Morgan fingerprint density at radius 2 is 1.94 bits per heavy atom. The topological polar surface area (TPSA) is 117 Å². The van der Waals surface area contributed by atoms with Crippen LogP contribution in [0.25, 0.3) is 11.4 Å². The van der Waals surface area contributed by atoms with Crippen LogP contribution in [0, 0.1) is 0 Å². The number of benzene rings is 1. The number of aromatic nitrogens is 3. The standard InChI is InChI=1S/C26H30N4O6/c1-2-33-22-16-19(10-11-21(22)35-18-24(31)30-13-4-3-5-14-30)26(32)34-15-7-9-23-28-25(29-36-23)20-8-6-12-27-17-20/h6,8,10-12,16-17H,2-5,7,9,13-15,18H2,1H3. The summed E-state index contributed by atoms with van der Waals surface area (Å²) in [4.78, 5) is 35.2. The number of amides is 1. The highest BCUT2D eigenvalue weighted by Gasteiger charge is 2.19. The fourth-order valence-corrected chi connectivity index (χ4v) is 3.84. The van der Waals surface area contributed by atoms with Crippen molar-refractivity contribution in [1.82, 2.24) is 20.0 Å². The maximum atomic E-state index is 12.5. The molecule has 0 unspecified atom stereocenters. The van der Waals surface area contributed by atoms with Gasteiger partial charge in [0.2, 0.25) is 11.7 Å². The molecule has 0 N–H and O–H groups in total. The first-order chi connectivity index (χ1) is 17.6. The van der Waals surface area contributed by atoms with Crippen LogP contribution in [-0.2, 0) is 16.0 Å². The number of likely N-dealkylation sites (tertiary alicyclic amines) is 1. The molecule has 0 bridgehead atoms. The van der Waals surface area contributed by atoms with E-state index in [4.69, 9.17) is 18.7 Å². The summed E-state index contributed by atoms with van der Waals surface area (Å²) < 4.78 is 22.0. The van der Waals surface area contributed by atoms with Crippen LogP contribution in [0.15, 0.2) is 47.2 Å². The predicted molar refractivity (Wildman–Crippen MR) is 130 cm³/mol. The van der Waals surface area contributed by atoms with Crippen LogP contribution in [0.3, 0.4) is 0 Å². The molecule has 0 atom stereocenters. The summed E-state index contributed by atoms with van der Waals surface area (Å²) in [5, 5.41) is 3.95. The Balaban J connectivity index is 1.26. The number of esters is 1. The molecule has 0 aliphatic carbocycles. The Morgan fingerprint density at radius 3 is 2.72 bits per heavy atom. The molecule has 1 aromatic carbocycles. The van der Waals surface area contributed by atoms with Crippen molar-refractivity contribution in [3.05, 3.63) is 54.2 Å². The van der Waals surface area contributed by atoms with Crippen molar-refractivity contribution in [3.8, 4) is 22.9 Å². The van der Waals surface area contributed by atoms with E-state index in [-0.39, 0.29) is 19.1 Å². The first-order valence-electron chi connectivity index (χ1n) is 12.2. The number of carbonyl (C=O) groups excluding carboxylic acids is 2. The Morgan fingerprint density at radius 1 is 1.08 bits per heavy atom. The molecule has 1 aliphatic rings. The lowest BCUT2D eigenvalue weighted by Crippen LogP contribution is -2.38. The minimum atomic E-state index is -0.478. The second kappa shape index (κ2) is 12.7. The van der Waals surface area contributed by atoms with Crippen LogP contribution in [0.4, 0.5) is 0 Å². The number of rotatable bonds is 11. The summed E-state index contributed by atoms with van der Waals surface area (Å²) in [6.07, 6.45) is 7.54. The quantitative estimate of drug-likeness (QED) is 0.290. The average molecular weight is 495 g/mol. The number of hydrogen-bond donors (Lipinski definition) is 0. The number of hydrogen-bond acceptors (Lipinski definition) is 9. The van der Waals surface area contributed by atoms with E-state index in [9.17, 15) is 9.59 Å². The average Bonchev–Trinajstić information content (AvgIpc) is 3.40. The smallest absolute Gasteiger partial charge is 0.338 e. The Kier molecular flexibility index (Phi) is 8.85. The van der Waals surface area contributed by atoms with Gasteiger partial charge in [-0.25, -0.2) is 4.79 Å². The van der Waals surface area contributed by atoms with E-state index in [1.807, 2.05) is 17.9 Å². The zero-order chi connectivity index (χ0) is 25.2. The van der Waals surface area contributed by atoms with E-state index in [1.165, 1.54) is 0 Å². The molecule has 0 saturated carbocycles. The van der Waals surface area contributed by atoms with Crippen molar-refractivity contribution in [2.45, 2.75) is 39.0 Å². The molecule has 2 aromatic heterocycles. The molecular formula is C26H30N4O6. The highest BCUT2D eigenvalue weighted by atomic mass is 16.5. The predicted octanol–water partition coefficient (Wildman–Crippen LogP) is 3.71. The molecule has 10 nitrogen and oxygen atoms in total. The highest BCUT2D eigenvalue weighted by molar-refractivity contribution is 5.90. The molecular weight excluding hydrogens is 464 g/mol. The summed E-state index contributed by atoms with van der Waals surface area (Å²) in [6.45, 7) is 3.88. The minimum absolute atomic E-state index is 0.0468. The van der Waals surface area contributed by atoms with Crippen LogP contribution in [0.2, 0.25) is 0 Å². The van der Waals surface area contributed by atoms with Gasteiger partial charge in [-0.15, -0.1) is 0 Å². The van der Waals surface area contributed by atoms with Crippen LogP contribution in [-0.4, -0.2) is 64.8 Å². The fraction of sp³-hybridized carbons (Fsp3) is 0.423. The maximum absolute atomic E-state index is 12.5. The third-order valence-corrected chi connectivity index (χ3v) is 5.70. The van der Waals surface area contributed by atoms with Gasteiger partial charge in [-0.1, -0.05) is 5.16 Å². The van der Waals surface area contributed by atoms with E-state index in [0.717, 1.165) is 37.9 Å². The lowest BCUT2D eigenvalue weighted by molar-refractivity contribution is -0.134. The molecule has 0 spiro atoms. The van der Waals surface area contributed by atoms with Crippen LogP contribution >= 0.6 is 0 Å². The normalized spacial score (nSPS) is 13.3. The van der Waals surface area contributed by atoms with Gasteiger partial charge >= 0.3 is 5.97 Å². The van der Waals surface area contributed by atoms with Crippen LogP contribution < -0.4 is 9.47 Å². The summed E-state index contributed by atoms with van der Waals surface area (Å²) in [5.74, 6) is 1.22. The van der Waals surface area contributed by atoms with Crippen molar-refractivity contribution >= 4 is 11.9 Å². The van der Waals surface area contributed by atoms with Crippen molar-refractivity contribution in [3.63, 3.8) is 0 Å². The molecule has 1 fully saturated rings. The van der Waals surface area contributed by atoms with Crippen LogP contribution in [0.1, 0.15) is 48.9 Å². The number of nitrogens with zero attached hydrogens (tertiary/aromatic N) is 4. The monoisotopic (exact) mass is 494 g/mol. The van der Waals surface area contributed by atoms with Gasteiger partial charge in [0.25, 0.3) is 5.91 Å². The van der Waals surface area contributed by atoms with Crippen molar-refractivity contribution < 1.29 is 28.3 Å². The minimum Gasteiger partial charge on any atom is -0.490 e. The third kappa shape index (κ3) is 6.80. The fourth-order valence-electron chi connectivity index (χ4n) is 3.84. The van der Waals surface area contributed by atoms with Gasteiger partial charge in [0.05, 0.1) is 18.8 Å². The zero-order valence-electron chi connectivity index (χ0n) is 20.4. The van der Waals surface area contributed by atoms with E-state index in [2.05, 4.69) is 15.1 Å². The Labute approximate surface area is 209 Å². The Bertz CT molecular complexity index is 1140. The number of carbonyl (C=O) groups is 2. The largest absolute Gasteiger partial charge is 0.490 e. The van der Waals surface area contributed by atoms with Gasteiger partial charge in [-0.05, 0) is 62.9 Å². The van der Waals surface area contributed by atoms with Crippen LogP contribution in [0.5, 0.6) is 11.5 Å². The number of aryl methyl sites for hydroxylation is 1. The first kappa shape index (κ1) is 25.2. The molecule has 1 aliphatic heterocycles. The maximum Gasteiger partial charge on any atom is 0.338 e. The molecule has 4 rings (SSSR count). The molecule has 3 heterocycles. The summed E-state index contributed by atoms with van der Waals surface area (Å²) in [5.41, 5.74) is 1.11. The molecule has 190 valence electrons. The van der Waals surface area contributed by atoms with E-state index in [0.29, 0.717) is 48.2 Å². The van der Waals surface area contributed by atoms with Gasteiger partial charge in [0, 0.05) is 37.5 Å². The van der Waals surface area contributed by atoms with Crippen molar-refractivity contribution in [2.75, 3.05) is 32.9 Å². The number of piperidine rings is 1. The van der Waals surface area contributed by atoms with Gasteiger partial charge in [-0.2, -0.15) is 4.98 Å². The lowest BCUT2D eigenvalue weighted by Gasteiger charge is -2.26. The summed E-state index contributed by atoms with van der Waals surface area (Å²) in [6, 6.07) is 8.45. The van der Waals surface area contributed by atoms with Gasteiger partial charge < -0.3 is 23.6 Å². The van der Waals surface area contributed by atoms with E-state index in [1.54, 1.807) is 36.7 Å². The second-order valence-electron chi connectivity index (χ2n) is 8.32. The summed E-state index contributed by atoms with van der Waals surface area (Å²) in [7, 11) is 0. The highest BCUT2D eigenvalue weighted by Crippen LogP contribution is 2.29. The molecule has 36 heavy (non-hydrogen) atoms. The lowest BCUT2D eigenvalue weighted by atomic mass is 10.1. The van der Waals surface area contributed by atoms with Crippen molar-refractivity contribution in [2.24, 2.45) is 0 Å². The molecule has 1 amide bonds. The number of pyridine rings is 1. The first-order valence-corrected chi connectivity index (χ1v) is 12.2. The van der Waals surface area contributed by atoms with E-state index >= 15 is 0 Å². The molecule has 1 saturated heterocycles. The second-order valence-corrected chi connectivity index (χ2v) is 8.32. The molecule has 3 aromatic rings. The summed E-state index contributed by atoms with van der Waals surface area (Å²) >= 11 is 0. The number of ether oxygens (including phenoxy) is 3. The Hall–Kier alpha value is -3.95. The SMILES string of the molecule is CCOc1cc(C(=O)OCCCc2nc(-c3cccnc3)no2)ccc1OCC(=O)N1CCCCC1. The van der Waals surface area contributed by atoms with Gasteiger partial charge in [0.15, 0.2) is 18.1 Å². The van der Waals surface area contributed by atoms with Crippen molar-refractivity contribution in [1.29, 1.82) is 0 Å². The zero-order valence-corrected chi connectivity index (χ0v) is 20.4.